The van der Waals surface area contributed by atoms with Gasteiger partial charge in [0.25, 0.3) is 0 Å². The smallest absolute Gasteiger partial charge is 0.387 e. The van der Waals surface area contributed by atoms with E-state index in [1.165, 1.54) is 0 Å². The van der Waals surface area contributed by atoms with Crippen molar-refractivity contribution in [3.8, 4) is 0 Å². The molecule has 3 nitrogen and oxygen atoms in total. The summed E-state index contributed by atoms with van der Waals surface area (Å²) in [4.78, 5) is 2.75. The van der Waals surface area contributed by atoms with Gasteiger partial charge in [-0.05, 0) is 11.8 Å². The molecule has 0 spiro atoms. The van der Waals surface area contributed by atoms with Crippen molar-refractivity contribution in [2.75, 3.05) is 0 Å². The van der Waals surface area contributed by atoms with Gasteiger partial charge in [0, 0.05) is 5.92 Å². The fraction of sp³-hybridized carbons (Fsp3) is 0.714. The van der Waals surface area contributed by atoms with Crippen molar-refractivity contribution in [3.05, 3.63) is 16.9 Å². The van der Waals surface area contributed by atoms with E-state index in [1.807, 2.05) is 0 Å². The topological polar surface area (TPSA) is 48.4 Å². The molecule has 54 valence electrons. The Balaban J connectivity index is 2.57. The Bertz CT molecular complexity index is 212. The predicted octanol–water partition coefficient (Wildman–Crippen LogP) is 2.28. The van der Waals surface area contributed by atoms with E-state index < -0.39 is 0 Å². The summed E-state index contributed by atoms with van der Waals surface area (Å²) < 4.78 is 0. The molecule has 1 rings (SSSR count). The normalized spacial score (nSPS) is 29.3. The minimum absolute atomic E-state index is 0.188. The van der Waals surface area contributed by atoms with E-state index in [2.05, 4.69) is 18.8 Å². The zero-order valence-corrected chi connectivity index (χ0v) is 6.20. The van der Waals surface area contributed by atoms with Crippen LogP contribution >= 0.6 is 0 Å². The molecule has 0 radical (unpaired) electrons. The first-order chi connectivity index (χ1) is 4.58. The van der Waals surface area contributed by atoms with E-state index in [4.69, 9.17) is 10.5 Å². The van der Waals surface area contributed by atoms with E-state index in [9.17, 15) is 0 Å². The summed E-state index contributed by atoms with van der Waals surface area (Å²) in [6.45, 7) is 4.14. The number of hydrogen-bond donors (Lipinski definition) is 1. The second kappa shape index (κ2) is 1.98. The first-order valence-corrected chi connectivity index (χ1v) is 3.31. The van der Waals surface area contributed by atoms with E-state index in [0.29, 0.717) is 0 Å². The molecule has 0 aromatic heterocycles. The molecule has 0 aromatic rings. The van der Waals surface area contributed by atoms with Crippen LogP contribution in [0, 0.1) is 16.7 Å². The number of nitrogens with zero attached hydrogens (tertiary/aromatic N) is 2. The van der Waals surface area contributed by atoms with Gasteiger partial charge in [-0.15, -0.1) is 0 Å². The molecule has 1 aliphatic carbocycles. The summed E-state index contributed by atoms with van der Waals surface area (Å²) in [6, 6.07) is 0. The number of aliphatic hydroxyl groups excluding tert-OH is 1. The van der Waals surface area contributed by atoms with Crippen molar-refractivity contribution in [2.45, 2.75) is 20.3 Å². The third-order valence-electron chi connectivity index (χ3n) is 2.06. The van der Waals surface area contributed by atoms with Crippen LogP contribution in [0.4, 0.5) is 0 Å². The summed E-state index contributed by atoms with van der Waals surface area (Å²) in [7, 11) is 0. The lowest BCUT2D eigenvalue weighted by molar-refractivity contribution is 0.357. The third-order valence-corrected chi connectivity index (χ3v) is 2.06. The second-order valence-electron chi connectivity index (χ2n) is 3.41. The zero-order valence-electron chi connectivity index (χ0n) is 6.20. The average molecular weight is 139 g/mol. The monoisotopic (exact) mass is 139 g/mol. The van der Waals surface area contributed by atoms with E-state index in [-0.39, 0.29) is 17.1 Å². The maximum absolute atomic E-state index is 9.13. The molecule has 0 bridgehead atoms. The van der Waals surface area contributed by atoms with Crippen molar-refractivity contribution in [1.29, 1.82) is 5.39 Å². The highest BCUT2D eigenvalue weighted by Crippen LogP contribution is 2.54. The highest BCUT2D eigenvalue weighted by Gasteiger charge is 2.49. The second-order valence-corrected chi connectivity index (χ2v) is 3.41. The van der Waals surface area contributed by atoms with Gasteiger partial charge < -0.3 is 5.11 Å². The average Bonchev–Trinajstić information content (AvgIpc) is 2.41. The number of rotatable bonds is 1. The molecule has 0 aliphatic heterocycles. The molecule has 1 atom stereocenters. The molecule has 0 aromatic carbocycles. The van der Waals surface area contributed by atoms with Gasteiger partial charge in [0.1, 0.15) is 0 Å². The van der Waals surface area contributed by atoms with Crippen LogP contribution in [0.2, 0.25) is 0 Å². The molecular weight excluding hydrogens is 128 g/mol. The van der Waals surface area contributed by atoms with Gasteiger partial charge in [0.05, 0.1) is 0 Å². The highest BCUT2D eigenvalue weighted by molar-refractivity contribution is 5.14. The maximum Gasteiger partial charge on any atom is 0.387 e. The molecule has 0 heterocycles. The summed E-state index contributed by atoms with van der Waals surface area (Å²) in [6.07, 6.45) is 2.07. The van der Waals surface area contributed by atoms with Gasteiger partial charge in [0.15, 0.2) is 10.7 Å². The highest BCUT2D eigenvalue weighted by atomic mass is 16.3. The molecule has 1 aliphatic rings. The Morgan fingerprint density at radius 2 is 2.30 bits per heavy atom. The van der Waals surface area contributed by atoms with Crippen LogP contribution in [0.25, 0.3) is 4.98 Å². The molecule has 1 fully saturated rings. The molecule has 3 heteroatoms. The van der Waals surface area contributed by atoms with Gasteiger partial charge in [-0.1, -0.05) is 13.8 Å². The Kier molecular flexibility index (Phi) is 1.40. The lowest BCUT2D eigenvalue weighted by Crippen LogP contribution is -1.92. The number of allylic oxidation sites excluding steroid dienone is 1. The minimum Gasteiger partial charge on any atom is -0.505 e. The third kappa shape index (κ3) is 1.10. The van der Waals surface area contributed by atoms with Crippen LogP contribution in [0.3, 0.4) is 0 Å². The molecular formula is C7H11N2O+. The first kappa shape index (κ1) is 7.07. The largest absolute Gasteiger partial charge is 0.505 e. The van der Waals surface area contributed by atoms with Gasteiger partial charge in [0.2, 0.25) is 5.39 Å². The number of diazo groups is 1. The Labute approximate surface area is 60.0 Å². The van der Waals surface area contributed by atoms with Crippen LogP contribution in [0.15, 0.2) is 12.0 Å². The van der Waals surface area contributed by atoms with Crippen LogP contribution in [0.5, 0.6) is 0 Å². The Morgan fingerprint density at radius 3 is 2.60 bits per heavy atom. The Hall–Kier alpha value is -1.04. The molecule has 1 unspecified atom stereocenters. The molecule has 10 heavy (non-hydrogen) atoms. The van der Waals surface area contributed by atoms with Crippen molar-refractivity contribution < 1.29 is 5.11 Å². The van der Waals surface area contributed by atoms with Crippen LogP contribution in [0.1, 0.15) is 20.3 Å². The van der Waals surface area contributed by atoms with Crippen molar-refractivity contribution >= 4 is 0 Å². The predicted molar refractivity (Wildman–Crippen MR) is 37.7 cm³/mol. The van der Waals surface area contributed by atoms with Gasteiger partial charge in [-0.3, -0.25) is 0 Å². The summed E-state index contributed by atoms with van der Waals surface area (Å²) in [5, 5.41) is 17.2. The van der Waals surface area contributed by atoms with Gasteiger partial charge in [-0.25, -0.2) is 0 Å². The fourth-order valence-corrected chi connectivity index (χ4v) is 1.12. The van der Waals surface area contributed by atoms with E-state index >= 15 is 0 Å². The molecule has 1 N–H and O–H groups in total. The maximum atomic E-state index is 9.13. The van der Waals surface area contributed by atoms with Gasteiger partial charge >= 0.3 is 6.20 Å². The quantitative estimate of drug-likeness (QED) is 0.447. The van der Waals surface area contributed by atoms with E-state index in [1.54, 1.807) is 0 Å². The summed E-state index contributed by atoms with van der Waals surface area (Å²) >= 11 is 0. The minimum atomic E-state index is 0.188. The van der Waals surface area contributed by atoms with Crippen LogP contribution in [-0.4, -0.2) is 5.11 Å². The van der Waals surface area contributed by atoms with Crippen molar-refractivity contribution in [1.82, 2.24) is 0 Å². The lowest BCUT2D eigenvalue weighted by Gasteiger charge is -1.96. The summed E-state index contributed by atoms with van der Waals surface area (Å²) in [5.41, 5.74) is 0.200. The SMILES string of the molecule is CC1(C)CC1/C(O)=C/[N+]#N. The molecule has 0 amide bonds. The molecule has 1 saturated carbocycles. The number of aliphatic hydroxyl groups is 1. The van der Waals surface area contributed by atoms with E-state index in [0.717, 1.165) is 12.6 Å². The first-order valence-electron chi connectivity index (χ1n) is 3.31. The van der Waals surface area contributed by atoms with Crippen LogP contribution in [-0.2, 0) is 0 Å². The van der Waals surface area contributed by atoms with Crippen molar-refractivity contribution in [2.24, 2.45) is 11.3 Å². The fourth-order valence-electron chi connectivity index (χ4n) is 1.12. The zero-order chi connectivity index (χ0) is 7.78. The Morgan fingerprint density at radius 1 is 1.80 bits per heavy atom. The van der Waals surface area contributed by atoms with Gasteiger partial charge in [-0.2, -0.15) is 0 Å². The number of hydrogen-bond acceptors (Lipinski definition) is 2. The van der Waals surface area contributed by atoms with Crippen molar-refractivity contribution in [3.63, 3.8) is 0 Å². The standard InChI is InChI=1S/C7H10N2O/c1-7(2)3-5(7)6(10)4-9-8/h4-5H,3H2,1-2H3/p+1/b6-4-. The molecule has 0 saturated heterocycles. The lowest BCUT2D eigenvalue weighted by atomic mass is 10.1. The summed E-state index contributed by atoms with van der Waals surface area (Å²) in [5.74, 6) is 0.385. The van der Waals surface area contributed by atoms with Crippen LogP contribution < -0.4 is 0 Å².